The lowest BCUT2D eigenvalue weighted by molar-refractivity contribution is -0.131. The van der Waals surface area contributed by atoms with E-state index in [2.05, 4.69) is 4.72 Å². The van der Waals surface area contributed by atoms with Gasteiger partial charge >= 0.3 is 0 Å². The number of likely N-dealkylation sites (tertiary alicyclic amines) is 1. The minimum atomic E-state index is -3.85. The van der Waals surface area contributed by atoms with Crippen molar-refractivity contribution in [1.82, 2.24) is 9.62 Å². The van der Waals surface area contributed by atoms with Crippen molar-refractivity contribution in [3.05, 3.63) is 59.7 Å². The SMILES string of the molecule is COc1ccc(S(=O)(=O)N[C@H](Cc2ccccc2)C(=O)N2CCCC2)cc1C. The first-order chi connectivity index (χ1) is 13.4. The monoisotopic (exact) mass is 402 g/mol. The van der Waals surface area contributed by atoms with E-state index < -0.39 is 16.1 Å². The number of methoxy groups -OCH3 is 1. The van der Waals surface area contributed by atoms with Crippen molar-refractivity contribution in [2.24, 2.45) is 0 Å². The Morgan fingerprint density at radius 2 is 1.82 bits per heavy atom. The summed E-state index contributed by atoms with van der Waals surface area (Å²) in [4.78, 5) is 14.9. The van der Waals surface area contributed by atoms with Crippen LogP contribution in [0.15, 0.2) is 53.4 Å². The largest absolute Gasteiger partial charge is 0.496 e. The number of nitrogens with zero attached hydrogens (tertiary/aromatic N) is 1. The van der Waals surface area contributed by atoms with Gasteiger partial charge in [-0.15, -0.1) is 0 Å². The van der Waals surface area contributed by atoms with Crippen molar-refractivity contribution in [2.45, 2.75) is 37.1 Å². The van der Waals surface area contributed by atoms with Crippen LogP contribution in [0.1, 0.15) is 24.0 Å². The summed E-state index contributed by atoms with van der Waals surface area (Å²) >= 11 is 0. The van der Waals surface area contributed by atoms with Gasteiger partial charge in [-0.2, -0.15) is 4.72 Å². The van der Waals surface area contributed by atoms with Gasteiger partial charge in [-0.1, -0.05) is 30.3 Å². The number of hydrogen-bond donors (Lipinski definition) is 1. The molecular formula is C21H26N2O4S. The quantitative estimate of drug-likeness (QED) is 0.772. The Hall–Kier alpha value is -2.38. The van der Waals surface area contributed by atoms with Crippen LogP contribution in [0.3, 0.4) is 0 Å². The fraction of sp³-hybridized carbons (Fsp3) is 0.381. The summed E-state index contributed by atoms with van der Waals surface area (Å²) in [6.07, 6.45) is 2.22. The van der Waals surface area contributed by atoms with Gasteiger partial charge in [0.25, 0.3) is 0 Å². The van der Waals surface area contributed by atoms with E-state index in [-0.39, 0.29) is 10.8 Å². The van der Waals surface area contributed by atoms with Gasteiger partial charge in [-0.25, -0.2) is 8.42 Å². The maximum Gasteiger partial charge on any atom is 0.241 e. The van der Waals surface area contributed by atoms with Crippen molar-refractivity contribution in [3.63, 3.8) is 0 Å². The second-order valence-corrected chi connectivity index (χ2v) is 8.74. The lowest BCUT2D eigenvalue weighted by Crippen LogP contribution is -2.48. The highest BCUT2D eigenvalue weighted by atomic mass is 32.2. The Labute approximate surface area is 166 Å². The van der Waals surface area contributed by atoms with Crippen LogP contribution in [-0.4, -0.2) is 45.5 Å². The second kappa shape index (κ2) is 8.75. The van der Waals surface area contributed by atoms with Gasteiger partial charge in [-0.05, 0) is 55.5 Å². The highest BCUT2D eigenvalue weighted by molar-refractivity contribution is 7.89. The van der Waals surface area contributed by atoms with Gasteiger partial charge < -0.3 is 9.64 Å². The number of amides is 1. The Bertz CT molecular complexity index is 923. The van der Waals surface area contributed by atoms with Crippen LogP contribution in [0.2, 0.25) is 0 Å². The van der Waals surface area contributed by atoms with Crippen molar-refractivity contribution >= 4 is 15.9 Å². The van der Waals surface area contributed by atoms with Gasteiger partial charge in [0.2, 0.25) is 15.9 Å². The Balaban J connectivity index is 1.86. The fourth-order valence-corrected chi connectivity index (χ4v) is 4.73. The smallest absolute Gasteiger partial charge is 0.241 e. The average molecular weight is 403 g/mol. The molecule has 1 heterocycles. The van der Waals surface area contributed by atoms with Crippen LogP contribution >= 0.6 is 0 Å². The highest BCUT2D eigenvalue weighted by Gasteiger charge is 2.31. The van der Waals surface area contributed by atoms with Gasteiger partial charge in [0.15, 0.2) is 0 Å². The van der Waals surface area contributed by atoms with Gasteiger partial charge in [0.05, 0.1) is 12.0 Å². The van der Waals surface area contributed by atoms with E-state index in [1.807, 2.05) is 30.3 Å². The van der Waals surface area contributed by atoms with Crippen molar-refractivity contribution < 1.29 is 17.9 Å². The molecule has 150 valence electrons. The molecule has 0 bridgehead atoms. The Kier molecular flexibility index (Phi) is 6.36. The van der Waals surface area contributed by atoms with E-state index >= 15 is 0 Å². The van der Waals surface area contributed by atoms with Crippen LogP contribution in [0.25, 0.3) is 0 Å². The molecule has 0 saturated carbocycles. The molecule has 0 aliphatic carbocycles. The first-order valence-corrected chi connectivity index (χ1v) is 10.9. The number of ether oxygens (including phenoxy) is 1. The summed E-state index contributed by atoms with van der Waals surface area (Å²) in [5, 5.41) is 0. The molecule has 1 atom stereocenters. The molecule has 1 aliphatic rings. The number of carbonyl (C=O) groups excluding carboxylic acids is 1. The predicted octanol–water partition coefficient (Wildman–Crippen LogP) is 2.52. The molecule has 6 nitrogen and oxygen atoms in total. The molecule has 2 aromatic carbocycles. The zero-order valence-corrected chi connectivity index (χ0v) is 17.0. The van der Waals surface area contributed by atoms with E-state index in [1.54, 1.807) is 31.1 Å². The molecule has 1 amide bonds. The number of rotatable bonds is 7. The molecular weight excluding hydrogens is 376 g/mol. The molecule has 1 fully saturated rings. The molecule has 0 spiro atoms. The zero-order chi connectivity index (χ0) is 20.1. The first kappa shape index (κ1) is 20.4. The van der Waals surface area contributed by atoms with E-state index in [0.717, 1.165) is 24.0 Å². The molecule has 2 aromatic rings. The molecule has 1 aliphatic heterocycles. The van der Waals surface area contributed by atoms with E-state index in [9.17, 15) is 13.2 Å². The van der Waals surface area contributed by atoms with Crippen LogP contribution in [-0.2, 0) is 21.2 Å². The summed E-state index contributed by atoms with van der Waals surface area (Å²) < 4.78 is 33.8. The van der Waals surface area contributed by atoms with Crippen molar-refractivity contribution in [2.75, 3.05) is 20.2 Å². The van der Waals surface area contributed by atoms with E-state index in [4.69, 9.17) is 4.74 Å². The summed E-state index contributed by atoms with van der Waals surface area (Å²) in [6, 6.07) is 13.3. The van der Waals surface area contributed by atoms with Crippen LogP contribution < -0.4 is 9.46 Å². The molecule has 0 radical (unpaired) electrons. The third-order valence-electron chi connectivity index (χ3n) is 4.97. The van der Waals surface area contributed by atoms with Crippen LogP contribution in [0.5, 0.6) is 5.75 Å². The maximum absolute atomic E-state index is 13.0. The summed E-state index contributed by atoms with van der Waals surface area (Å²) in [6.45, 7) is 3.13. The number of carbonyl (C=O) groups is 1. The summed E-state index contributed by atoms with van der Waals surface area (Å²) in [5.41, 5.74) is 1.63. The van der Waals surface area contributed by atoms with Crippen molar-refractivity contribution in [3.8, 4) is 5.75 Å². The normalized spacial score (nSPS) is 15.4. The maximum atomic E-state index is 13.0. The minimum absolute atomic E-state index is 0.123. The molecule has 3 rings (SSSR count). The number of nitrogens with one attached hydrogen (secondary N) is 1. The first-order valence-electron chi connectivity index (χ1n) is 9.40. The topological polar surface area (TPSA) is 75.7 Å². The standard InChI is InChI=1S/C21H26N2O4S/c1-16-14-18(10-11-20(16)27-2)28(25,26)22-19(15-17-8-4-3-5-9-17)21(24)23-12-6-7-13-23/h3-5,8-11,14,19,22H,6-7,12-13,15H2,1-2H3/t19-/m1/s1. The molecule has 0 aromatic heterocycles. The number of hydrogen-bond acceptors (Lipinski definition) is 4. The van der Waals surface area contributed by atoms with E-state index in [1.165, 1.54) is 6.07 Å². The van der Waals surface area contributed by atoms with Gasteiger partial charge in [0.1, 0.15) is 11.8 Å². The predicted molar refractivity (Wildman–Crippen MR) is 108 cm³/mol. The highest BCUT2D eigenvalue weighted by Crippen LogP contribution is 2.22. The third-order valence-corrected chi connectivity index (χ3v) is 6.44. The molecule has 0 unspecified atom stereocenters. The molecule has 1 saturated heterocycles. The number of aryl methyl sites for hydroxylation is 1. The fourth-order valence-electron chi connectivity index (χ4n) is 3.46. The summed E-state index contributed by atoms with van der Waals surface area (Å²) in [5.74, 6) is 0.447. The Morgan fingerprint density at radius 1 is 1.14 bits per heavy atom. The lowest BCUT2D eigenvalue weighted by atomic mass is 10.1. The van der Waals surface area contributed by atoms with E-state index in [0.29, 0.717) is 25.3 Å². The van der Waals surface area contributed by atoms with Crippen LogP contribution in [0.4, 0.5) is 0 Å². The van der Waals surface area contributed by atoms with Gasteiger partial charge in [0, 0.05) is 13.1 Å². The minimum Gasteiger partial charge on any atom is -0.496 e. The lowest BCUT2D eigenvalue weighted by Gasteiger charge is -2.24. The summed E-state index contributed by atoms with van der Waals surface area (Å²) in [7, 11) is -2.31. The van der Waals surface area contributed by atoms with Gasteiger partial charge in [-0.3, -0.25) is 4.79 Å². The molecule has 28 heavy (non-hydrogen) atoms. The second-order valence-electron chi connectivity index (χ2n) is 7.03. The van der Waals surface area contributed by atoms with Crippen LogP contribution in [0, 0.1) is 6.92 Å². The molecule has 1 N–H and O–H groups in total. The van der Waals surface area contributed by atoms with Crippen molar-refractivity contribution in [1.29, 1.82) is 0 Å². The number of benzene rings is 2. The number of sulfonamides is 1. The Morgan fingerprint density at radius 3 is 2.43 bits per heavy atom. The third kappa shape index (κ3) is 4.72. The molecule has 7 heteroatoms. The average Bonchev–Trinajstić information content (AvgIpc) is 3.22. The zero-order valence-electron chi connectivity index (χ0n) is 16.2.